The van der Waals surface area contributed by atoms with Crippen molar-refractivity contribution in [1.82, 2.24) is 20.2 Å². The smallest absolute Gasteiger partial charge is 0.227 e. The van der Waals surface area contributed by atoms with E-state index >= 15 is 0 Å². The molecular formula is C16H19ClN6. The maximum Gasteiger partial charge on any atom is 0.227 e. The summed E-state index contributed by atoms with van der Waals surface area (Å²) in [5.41, 5.74) is 1.51. The molecular weight excluding hydrogens is 312 g/mol. The molecule has 6 rings (SSSR count). The van der Waals surface area contributed by atoms with Gasteiger partial charge in [0.2, 0.25) is 5.95 Å². The van der Waals surface area contributed by atoms with Crippen molar-refractivity contribution in [2.75, 3.05) is 22.6 Å². The van der Waals surface area contributed by atoms with Gasteiger partial charge < -0.3 is 10.2 Å². The third-order valence-corrected chi connectivity index (χ3v) is 5.90. The summed E-state index contributed by atoms with van der Waals surface area (Å²) in [5, 5.41) is 10.7. The Morgan fingerprint density at radius 2 is 2.22 bits per heavy atom. The highest BCUT2D eigenvalue weighted by molar-refractivity contribution is 6.18. The highest BCUT2D eigenvalue weighted by Gasteiger charge is 2.55. The first-order valence-electron chi connectivity index (χ1n) is 8.23. The van der Waals surface area contributed by atoms with Gasteiger partial charge in [-0.15, -0.1) is 11.6 Å². The van der Waals surface area contributed by atoms with Gasteiger partial charge in [0.25, 0.3) is 0 Å². The Hall–Kier alpha value is -1.82. The molecule has 120 valence electrons. The average Bonchev–Trinajstić information content (AvgIpc) is 3.02. The van der Waals surface area contributed by atoms with E-state index in [0.717, 1.165) is 30.0 Å². The second kappa shape index (κ2) is 4.84. The van der Waals surface area contributed by atoms with Crippen LogP contribution in [0.25, 0.3) is 0 Å². The van der Waals surface area contributed by atoms with Crippen molar-refractivity contribution in [3.63, 3.8) is 0 Å². The van der Waals surface area contributed by atoms with Crippen LogP contribution in [0.2, 0.25) is 0 Å². The predicted octanol–water partition coefficient (Wildman–Crippen LogP) is 3.03. The summed E-state index contributed by atoms with van der Waals surface area (Å²) < 4.78 is 0. The van der Waals surface area contributed by atoms with Gasteiger partial charge in [-0.1, -0.05) is 0 Å². The molecule has 2 saturated carbocycles. The van der Waals surface area contributed by atoms with Gasteiger partial charge >= 0.3 is 0 Å². The minimum absolute atomic E-state index is 0.292. The average molecular weight is 331 g/mol. The molecule has 2 N–H and O–H groups in total. The lowest BCUT2D eigenvalue weighted by molar-refractivity contribution is 0.234. The Labute approximate surface area is 139 Å². The number of anilines is 3. The van der Waals surface area contributed by atoms with Crippen LogP contribution in [0.3, 0.4) is 0 Å². The first-order valence-corrected chi connectivity index (χ1v) is 8.76. The molecule has 2 aliphatic carbocycles. The number of rotatable bonds is 5. The van der Waals surface area contributed by atoms with Gasteiger partial charge in [-0.3, -0.25) is 5.10 Å². The fourth-order valence-electron chi connectivity index (χ4n) is 3.86. The molecule has 4 heterocycles. The molecule has 7 heteroatoms. The lowest BCUT2D eigenvalue weighted by atomic mass is 9.72. The molecule has 2 aromatic heterocycles. The van der Waals surface area contributed by atoms with Gasteiger partial charge in [0.15, 0.2) is 5.82 Å². The van der Waals surface area contributed by atoms with Crippen molar-refractivity contribution in [1.29, 1.82) is 0 Å². The van der Waals surface area contributed by atoms with Crippen LogP contribution in [0.15, 0.2) is 18.3 Å². The summed E-state index contributed by atoms with van der Waals surface area (Å²) in [6, 6.07) is 4.51. The summed E-state index contributed by atoms with van der Waals surface area (Å²) in [5.74, 6) is 3.80. The van der Waals surface area contributed by atoms with Crippen LogP contribution >= 0.6 is 11.6 Å². The molecule has 0 atom stereocenters. The van der Waals surface area contributed by atoms with Gasteiger partial charge in [0, 0.05) is 47.8 Å². The molecule has 4 aliphatic rings. The monoisotopic (exact) mass is 330 g/mol. The van der Waals surface area contributed by atoms with E-state index < -0.39 is 0 Å². The molecule has 0 spiro atoms. The van der Waals surface area contributed by atoms with Gasteiger partial charge in [0.05, 0.1) is 0 Å². The van der Waals surface area contributed by atoms with Crippen molar-refractivity contribution in [3.05, 3.63) is 24.0 Å². The molecule has 2 aromatic rings. The normalized spacial score (nSPS) is 28.7. The van der Waals surface area contributed by atoms with Crippen LogP contribution in [0.1, 0.15) is 37.3 Å². The van der Waals surface area contributed by atoms with E-state index in [-0.39, 0.29) is 0 Å². The maximum absolute atomic E-state index is 6.12. The van der Waals surface area contributed by atoms with Crippen LogP contribution in [0.4, 0.5) is 17.6 Å². The second-order valence-corrected chi connectivity index (χ2v) is 7.44. The van der Waals surface area contributed by atoms with Crippen LogP contribution in [-0.4, -0.2) is 38.6 Å². The molecule has 0 unspecified atom stereocenters. The van der Waals surface area contributed by atoms with E-state index in [1.165, 1.54) is 31.4 Å². The Balaban J connectivity index is 1.34. The molecule has 2 aliphatic heterocycles. The summed E-state index contributed by atoms with van der Waals surface area (Å²) in [6.45, 7) is 0.971. The predicted molar refractivity (Wildman–Crippen MR) is 89.4 cm³/mol. The van der Waals surface area contributed by atoms with Crippen molar-refractivity contribution < 1.29 is 0 Å². The zero-order chi connectivity index (χ0) is 15.4. The molecule has 6 nitrogen and oxygen atoms in total. The lowest BCUT2D eigenvalue weighted by Gasteiger charge is -2.34. The lowest BCUT2D eigenvalue weighted by Crippen LogP contribution is -2.36. The standard InChI is InChI=1S/C16H19ClN6/c17-8-16-6-11(7-16)23(9-16)15-18-4-3-13(20-15)19-14-5-12(21-22-14)10-1-2-10/h3-5,10-11H,1-2,6-9H2,(H2,18,19,20,21,22). The summed E-state index contributed by atoms with van der Waals surface area (Å²) in [6.07, 6.45) is 6.67. The van der Waals surface area contributed by atoms with Crippen molar-refractivity contribution in [3.8, 4) is 0 Å². The van der Waals surface area contributed by atoms with Gasteiger partial charge in [-0.25, -0.2) is 4.98 Å². The molecule has 2 bridgehead atoms. The van der Waals surface area contributed by atoms with E-state index in [1.807, 2.05) is 12.3 Å². The van der Waals surface area contributed by atoms with Crippen LogP contribution in [0.5, 0.6) is 0 Å². The van der Waals surface area contributed by atoms with E-state index in [4.69, 9.17) is 11.6 Å². The number of H-pyrrole nitrogens is 1. The third-order valence-electron chi connectivity index (χ3n) is 5.34. The van der Waals surface area contributed by atoms with Gasteiger partial charge in [-0.2, -0.15) is 10.1 Å². The van der Waals surface area contributed by atoms with E-state index in [2.05, 4.69) is 36.4 Å². The molecule has 0 aromatic carbocycles. The first-order chi connectivity index (χ1) is 11.2. The maximum atomic E-state index is 6.12. The minimum atomic E-state index is 0.292. The second-order valence-electron chi connectivity index (χ2n) is 7.17. The SMILES string of the molecule is ClCC12CC(C1)N(c1nccc(Nc3cc(C4CC4)[nH]n3)n1)C2. The topological polar surface area (TPSA) is 69.7 Å². The number of aromatic amines is 1. The summed E-state index contributed by atoms with van der Waals surface area (Å²) >= 11 is 6.12. The number of halogens is 1. The third kappa shape index (κ3) is 2.27. The van der Waals surface area contributed by atoms with Crippen molar-refractivity contribution >= 4 is 29.2 Å². The number of fused-ring (bicyclic) bond motifs is 1. The Morgan fingerprint density at radius 1 is 1.35 bits per heavy atom. The molecule has 4 fully saturated rings. The van der Waals surface area contributed by atoms with E-state index in [0.29, 0.717) is 17.4 Å². The van der Waals surface area contributed by atoms with E-state index in [1.54, 1.807) is 0 Å². The van der Waals surface area contributed by atoms with Gasteiger partial charge in [-0.05, 0) is 31.7 Å². The quantitative estimate of drug-likeness (QED) is 0.825. The van der Waals surface area contributed by atoms with Gasteiger partial charge in [0.1, 0.15) is 5.82 Å². The number of aromatic nitrogens is 4. The van der Waals surface area contributed by atoms with Crippen LogP contribution in [0, 0.1) is 5.41 Å². The molecule has 2 saturated heterocycles. The summed E-state index contributed by atoms with van der Waals surface area (Å²) in [4.78, 5) is 11.4. The van der Waals surface area contributed by atoms with Crippen molar-refractivity contribution in [2.24, 2.45) is 5.41 Å². The number of nitrogens with one attached hydrogen (secondary N) is 2. The number of hydrogen-bond acceptors (Lipinski definition) is 5. The van der Waals surface area contributed by atoms with Crippen LogP contribution in [-0.2, 0) is 0 Å². The summed E-state index contributed by atoms with van der Waals surface area (Å²) in [7, 11) is 0. The number of nitrogens with zero attached hydrogens (tertiary/aromatic N) is 4. The zero-order valence-corrected chi connectivity index (χ0v) is 13.6. The fourth-order valence-corrected chi connectivity index (χ4v) is 4.16. The van der Waals surface area contributed by atoms with Crippen molar-refractivity contribution in [2.45, 2.75) is 37.6 Å². The number of alkyl halides is 1. The minimum Gasteiger partial charge on any atom is -0.337 e. The highest BCUT2D eigenvalue weighted by atomic mass is 35.5. The Bertz CT molecular complexity index is 734. The molecule has 23 heavy (non-hydrogen) atoms. The number of hydrogen-bond donors (Lipinski definition) is 2. The Kier molecular flexibility index (Phi) is 2.86. The molecule has 0 amide bonds. The van der Waals surface area contributed by atoms with Crippen LogP contribution < -0.4 is 10.2 Å². The highest BCUT2D eigenvalue weighted by Crippen LogP contribution is 2.53. The largest absolute Gasteiger partial charge is 0.337 e. The Morgan fingerprint density at radius 3 is 2.96 bits per heavy atom. The first kappa shape index (κ1) is 13.6. The zero-order valence-electron chi connectivity index (χ0n) is 12.8. The van der Waals surface area contributed by atoms with E-state index in [9.17, 15) is 0 Å². The fraction of sp³-hybridized carbons (Fsp3) is 0.562. The molecule has 0 radical (unpaired) electrons.